The van der Waals surface area contributed by atoms with Crippen LogP contribution >= 0.6 is 0 Å². The molecule has 0 aromatic heterocycles. The molecule has 0 unspecified atom stereocenters. The Morgan fingerprint density at radius 2 is 1.22 bits per heavy atom. The Kier molecular flexibility index (Phi) is 5.55. The number of oxime groups is 1. The molecule has 0 saturated carbocycles. The van der Waals surface area contributed by atoms with Gasteiger partial charge in [-0.2, -0.15) is 0 Å². The van der Waals surface area contributed by atoms with E-state index in [0.717, 1.165) is 33.4 Å². The molecular weight excluding hydrogens is 398 g/mol. The molecule has 0 amide bonds. The van der Waals surface area contributed by atoms with Gasteiger partial charge >= 0.3 is 0 Å². The van der Waals surface area contributed by atoms with Crippen molar-refractivity contribution in [2.75, 3.05) is 13.2 Å². The van der Waals surface area contributed by atoms with E-state index in [9.17, 15) is 5.21 Å². The highest BCUT2D eigenvalue weighted by Crippen LogP contribution is 2.43. The Labute approximate surface area is 187 Å². The third-order valence-electron chi connectivity index (χ3n) is 5.75. The number of ether oxygens (including phenoxy) is 2. The van der Waals surface area contributed by atoms with Crippen molar-refractivity contribution in [3.05, 3.63) is 131 Å². The van der Waals surface area contributed by atoms with E-state index in [1.807, 2.05) is 103 Å². The van der Waals surface area contributed by atoms with Gasteiger partial charge in [-0.1, -0.05) is 114 Å². The maximum absolute atomic E-state index is 9.95. The lowest BCUT2D eigenvalue weighted by Gasteiger charge is -2.31. The van der Waals surface area contributed by atoms with Crippen LogP contribution in [-0.2, 0) is 15.3 Å². The summed E-state index contributed by atoms with van der Waals surface area (Å²) in [7, 11) is 0. The summed E-state index contributed by atoms with van der Waals surface area (Å²) in [5.74, 6) is -0.992. The number of hydrogen-bond acceptors (Lipinski definition) is 4. The summed E-state index contributed by atoms with van der Waals surface area (Å²) in [6.45, 7) is 1.02. The Hall–Kier alpha value is -3.73. The molecule has 4 aromatic carbocycles. The van der Waals surface area contributed by atoms with Crippen molar-refractivity contribution in [1.29, 1.82) is 0 Å². The van der Waals surface area contributed by atoms with E-state index in [1.54, 1.807) is 0 Å². The van der Waals surface area contributed by atoms with E-state index in [4.69, 9.17) is 9.47 Å². The molecule has 32 heavy (non-hydrogen) atoms. The van der Waals surface area contributed by atoms with Gasteiger partial charge in [0.15, 0.2) is 0 Å². The maximum atomic E-state index is 9.95. The summed E-state index contributed by atoms with van der Waals surface area (Å²) in [5.41, 5.74) is 5.95. The highest BCUT2D eigenvalue weighted by molar-refractivity contribution is 6.16. The lowest BCUT2D eigenvalue weighted by Crippen LogP contribution is -2.29. The van der Waals surface area contributed by atoms with Crippen LogP contribution in [0.4, 0.5) is 0 Å². The standard InChI is InChI=1S/C28H23NO3/c30-29-27(21-11-3-1-4-12-21)25-17-8-7-15-23(25)24-16-9-10-18-26(24)28(31-19-20-32-28)22-13-5-2-6-14-22/h1-18,30H,19-20H2/b29-27-. The van der Waals surface area contributed by atoms with Gasteiger partial charge in [0.2, 0.25) is 5.79 Å². The molecule has 1 fully saturated rings. The molecule has 0 spiro atoms. The van der Waals surface area contributed by atoms with Gasteiger partial charge in [0, 0.05) is 22.3 Å². The van der Waals surface area contributed by atoms with Crippen LogP contribution in [0.5, 0.6) is 0 Å². The van der Waals surface area contributed by atoms with Crippen LogP contribution in [0.25, 0.3) is 11.1 Å². The topological polar surface area (TPSA) is 51.1 Å². The minimum atomic E-state index is -0.992. The summed E-state index contributed by atoms with van der Waals surface area (Å²) < 4.78 is 12.6. The lowest BCUT2D eigenvalue weighted by atomic mass is 9.86. The first-order valence-electron chi connectivity index (χ1n) is 10.6. The van der Waals surface area contributed by atoms with Crippen molar-refractivity contribution < 1.29 is 14.7 Å². The van der Waals surface area contributed by atoms with Gasteiger partial charge in [0.05, 0.1) is 13.2 Å². The molecule has 4 heteroatoms. The van der Waals surface area contributed by atoms with Crippen LogP contribution < -0.4 is 0 Å². The maximum Gasteiger partial charge on any atom is 0.223 e. The van der Waals surface area contributed by atoms with Gasteiger partial charge in [-0.25, -0.2) is 0 Å². The minimum Gasteiger partial charge on any atom is -0.410 e. The first kappa shape index (κ1) is 20.2. The fourth-order valence-electron chi connectivity index (χ4n) is 4.34. The van der Waals surface area contributed by atoms with Crippen molar-refractivity contribution in [3.63, 3.8) is 0 Å². The molecule has 0 aliphatic carbocycles. The number of benzene rings is 4. The van der Waals surface area contributed by atoms with Crippen LogP contribution in [0.1, 0.15) is 22.3 Å². The van der Waals surface area contributed by atoms with Crippen molar-refractivity contribution in [2.45, 2.75) is 5.79 Å². The molecule has 1 aliphatic rings. The van der Waals surface area contributed by atoms with E-state index in [0.29, 0.717) is 18.9 Å². The molecule has 158 valence electrons. The second-order valence-corrected chi connectivity index (χ2v) is 7.59. The van der Waals surface area contributed by atoms with Gasteiger partial charge in [-0.3, -0.25) is 0 Å². The molecule has 1 saturated heterocycles. The Morgan fingerprint density at radius 1 is 0.656 bits per heavy atom. The van der Waals surface area contributed by atoms with E-state index in [2.05, 4.69) is 11.2 Å². The summed E-state index contributed by atoms with van der Waals surface area (Å²) >= 11 is 0. The molecule has 0 radical (unpaired) electrons. The summed E-state index contributed by atoms with van der Waals surface area (Å²) in [4.78, 5) is 0. The fourth-order valence-corrected chi connectivity index (χ4v) is 4.34. The molecule has 1 N–H and O–H groups in total. The number of hydrogen-bond donors (Lipinski definition) is 1. The van der Waals surface area contributed by atoms with Gasteiger partial charge in [0.25, 0.3) is 0 Å². The molecule has 0 atom stereocenters. The van der Waals surface area contributed by atoms with Crippen molar-refractivity contribution in [1.82, 2.24) is 0 Å². The lowest BCUT2D eigenvalue weighted by molar-refractivity contribution is -0.129. The van der Waals surface area contributed by atoms with Crippen LogP contribution in [0.15, 0.2) is 114 Å². The van der Waals surface area contributed by atoms with Crippen LogP contribution in [0.3, 0.4) is 0 Å². The molecule has 1 heterocycles. The Morgan fingerprint density at radius 3 is 1.91 bits per heavy atom. The van der Waals surface area contributed by atoms with Gasteiger partial charge < -0.3 is 14.7 Å². The summed E-state index contributed by atoms with van der Waals surface area (Å²) in [6, 6.07) is 35.7. The average molecular weight is 421 g/mol. The molecule has 0 bridgehead atoms. The SMILES string of the molecule is O/N=C(/c1ccccc1)c1ccccc1-c1ccccc1C1(c2ccccc2)OCCO1. The van der Waals surface area contributed by atoms with Crippen molar-refractivity contribution in [3.8, 4) is 11.1 Å². The summed E-state index contributed by atoms with van der Waals surface area (Å²) in [5, 5.41) is 13.6. The monoisotopic (exact) mass is 421 g/mol. The third kappa shape index (κ3) is 3.50. The largest absolute Gasteiger partial charge is 0.410 e. The molecule has 4 aromatic rings. The average Bonchev–Trinajstić information content (AvgIpc) is 3.37. The van der Waals surface area contributed by atoms with Gasteiger partial charge in [-0.05, 0) is 11.1 Å². The van der Waals surface area contributed by atoms with E-state index >= 15 is 0 Å². The van der Waals surface area contributed by atoms with Crippen molar-refractivity contribution in [2.24, 2.45) is 5.16 Å². The predicted molar refractivity (Wildman–Crippen MR) is 125 cm³/mol. The smallest absolute Gasteiger partial charge is 0.223 e. The highest BCUT2D eigenvalue weighted by atomic mass is 16.7. The molecule has 4 nitrogen and oxygen atoms in total. The normalized spacial score (nSPS) is 15.6. The molecular formula is C28H23NO3. The number of rotatable bonds is 5. The second-order valence-electron chi connectivity index (χ2n) is 7.59. The van der Waals surface area contributed by atoms with E-state index in [-0.39, 0.29) is 0 Å². The Bertz CT molecular complexity index is 1230. The Balaban J connectivity index is 1.71. The highest BCUT2D eigenvalue weighted by Gasteiger charge is 2.42. The van der Waals surface area contributed by atoms with Crippen LogP contribution in [0, 0.1) is 0 Å². The van der Waals surface area contributed by atoms with Crippen LogP contribution in [0.2, 0.25) is 0 Å². The first-order valence-corrected chi connectivity index (χ1v) is 10.6. The summed E-state index contributed by atoms with van der Waals surface area (Å²) in [6.07, 6.45) is 0. The van der Waals surface area contributed by atoms with Gasteiger partial charge in [-0.15, -0.1) is 0 Å². The van der Waals surface area contributed by atoms with E-state index < -0.39 is 5.79 Å². The molecule has 1 aliphatic heterocycles. The van der Waals surface area contributed by atoms with E-state index in [1.165, 1.54) is 0 Å². The zero-order chi connectivity index (χ0) is 21.8. The zero-order valence-corrected chi connectivity index (χ0v) is 17.5. The molecule has 5 rings (SSSR count). The fraction of sp³-hybridized carbons (Fsp3) is 0.107. The zero-order valence-electron chi connectivity index (χ0n) is 17.5. The predicted octanol–water partition coefficient (Wildman–Crippen LogP) is 5.83. The first-order chi connectivity index (χ1) is 15.8. The van der Waals surface area contributed by atoms with Crippen LogP contribution in [-0.4, -0.2) is 24.1 Å². The third-order valence-corrected chi connectivity index (χ3v) is 5.75. The number of nitrogens with zero attached hydrogens (tertiary/aromatic N) is 1. The van der Waals surface area contributed by atoms with Gasteiger partial charge in [0.1, 0.15) is 5.71 Å². The minimum absolute atomic E-state index is 0.512. The second kappa shape index (κ2) is 8.79. The van der Waals surface area contributed by atoms with Crippen molar-refractivity contribution >= 4 is 5.71 Å². The quantitative estimate of drug-likeness (QED) is 0.251.